The molecular weight excluding hydrogens is 201 g/mol. The number of hydrogen-bond acceptors (Lipinski definition) is 3. The van der Waals surface area contributed by atoms with Gasteiger partial charge in [-0.05, 0) is 6.07 Å². The van der Waals surface area contributed by atoms with E-state index in [1.807, 2.05) is 0 Å². The Labute approximate surface area is 86.0 Å². The van der Waals surface area contributed by atoms with Crippen LogP contribution >= 0.6 is 0 Å². The number of nitrogens with one attached hydrogen (secondary N) is 1. The molecule has 0 aliphatic carbocycles. The van der Waals surface area contributed by atoms with Gasteiger partial charge in [-0.3, -0.25) is 9.59 Å². The molecule has 0 fully saturated rings. The average molecular weight is 211 g/mol. The Morgan fingerprint density at radius 3 is 2.67 bits per heavy atom. The Bertz CT molecular complexity index is 404. The monoisotopic (exact) mass is 211 g/mol. The van der Waals surface area contributed by atoms with Crippen LogP contribution in [-0.4, -0.2) is 19.3 Å². The number of methoxy groups -OCH3 is 1. The van der Waals surface area contributed by atoms with Crippen LogP contribution in [0.15, 0.2) is 12.1 Å². The fourth-order valence-electron chi connectivity index (χ4n) is 1.17. The zero-order chi connectivity index (χ0) is 11.4. The summed E-state index contributed by atoms with van der Waals surface area (Å²) in [6.07, 6.45) is 0.455. The minimum absolute atomic E-state index is 0.0436. The molecule has 80 valence electrons. The molecule has 1 aromatic carbocycles. The highest BCUT2D eigenvalue weighted by atomic mass is 19.1. The van der Waals surface area contributed by atoms with E-state index in [1.165, 1.54) is 14.0 Å². The summed E-state index contributed by atoms with van der Waals surface area (Å²) in [6, 6.07) is 2.12. The van der Waals surface area contributed by atoms with Gasteiger partial charge in [-0.15, -0.1) is 0 Å². The van der Waals surface area contributed by atoms with Crippen molar-refractivity contribution < 1.29 is 18.7 Å². The number of aldehydes is 1. The maximum Gasteiger partial charge on any atom is 0.221 e. The average Bonchev–Trinajstić information content (AvgIpc) is 2.19. The van der Waals surface area contributed by atoms with Gasteiger partial charge in [0.1, 0.15) is 11.6 Å². The number of carbonyl (C=O) groups excluding carboxylic acids is 2. The van der Waals surface area contributed by atoms with Crippen LogP contribution in [0.5, 0.6) is 5.75 Å². The number of rotatable bonds is 3. The normalized spacial score (nSPS) is 9.53. The molecule has 0 saturated carbocycles. The van der Waals surface area contributed by atoms with Gasteiger partial charge in [-0.1, -0.05) is 0 Å². The lowest BCUT2D eigenvalue weighted by molar-refractivity contribution is -0.114. The topological polar surface area (TPSA) is 55.4 Å². The van der Waals surface area contributed by atoms with Gasteiger partial charge in [-0.25, -0.2) is 4.39 Å². The molecule has 0 heterocycles. The summed E-state index contributed by atoms with van der Waals surface area (Å²) in [6.45, 7) is 1.29. The molecule has 1 rings (SSSR count). The van der Waals surface area contributed by atoms with Crippen molar-refractivity contribution in [1.29, 1.82) is 0 Å². The summed E-state index contributed by atoms with van der Waals surface area (Å²) in [5.74, 6) is -0.835. The van der Waals surface area contributed by atoms with E-state index < -0.39 is 5.82 Å². The van der Waals surface area contributed by atoms with Gasteiger partial charge in [0.2, 0.25) is 5.91 Å². The van der Waals surface area contributed by atoms with E-state index in [1.54, 1.807) is 0 Å². The minimum Gasteiger partial charge on any atom is -0.494 e. The summed E-state index contributed by atoms with van der Waals surface area (Å²) in [7, 11) is 1.33. The van der Waals surface area contributed by atoms with E-state index in [-0.39, 0.29) is 22.9 Å². The number of anilines is 1. The minimum atomic E-state index is -0.594. The molecule has 1 aromatic rings. The third kappa shape index (κ3) is 2.52. The predicted molar refractivity (Wildman–Crippen MR) is 52.6 cm³/mol. The number of carbonyl (C=O) groups is 2. The van der Waals surface area contributed by atoms with Crippen LogP contribution in [0.3, 0.4) is 0 Å². The van der Waals surface area contributed by atoms with Crippen molar-refractivity contribution in [2.24, 2.45) is 0 Å². The van der Waals surface area contributed by atoms with E-state index >= 15 is 0 Å². The first-order valence-corrected chi connectivity index (χ1v) is 4.18. The van der Waals surface area contributed by atoms with Gasteiger partial charge in [0.05, 0.1) is 12.8 Å². The third-order valence-electron chi connectivity index (χ3n) is 1.75. The molecule has 0 saturated heterocycles. The molecule has 0 aliphatic heterocycles. The highest BCUT2D eigenvalue weighted by Gasteiger charge is 2.12. The fraction of sp³-hybridized carbons (Fsp3) is 0.200. The maximum absolute atomic E-state index is 13.0. The van der Waals surface area contributed by atoms with Crippen LogP contribution < -0.4 is 10.1 Å². The highest BCUT2D eigenvalue weighted by molar-refractivity contribution is 5.97. The maximum atomic E-state index is 13.0. The molecule has 4 nitrogen and oxygen atoms in total. The first kappa shape index (κ1) is 11.2. The summed E-state index contributed by atoms with van der Waals surface area (Å²) in [4.78, 5) is 21.5. The number of hydrogen-bond donors (Lipinski definition) is 1. The second kappa shape index (κ2) is 4.54. The molecule has 0 radical (unpaired) electrons. The molecule has 0 bridgehead atoms. The van der Waals surface area contributed by atoms with Gasteiger partial charge in [0.15, 0.2) is 6.29 Å². The highest BCUT2D eigenvalue weighted by Crippen LogP contribution is 2.28. The quantitative estimate of drug-likeness (QED) is 0.772. The van der Waals surface area contributed by atoms with Gasteiger partial charge in [0, 0.05) is 18.6 Å². The van der Waals surface area contributed by atoms with Crippen molar-refractivity contribution in [1.82, 2.24) is 0 Å². The van der Waals surface area contributed by atoms with E-state index in [0.717, 1.165) is 12.1 Å². The molecule has 0 atom stereocenters. The number of halogens is 1. The zero-order valence-corrected chi connectivity index (χ0v) is 8.33. The lowest BCUT2D eigenvalue weighted by atomic mass is 10.1. The molecule has 0 spiro atoms. The Kier molecular flexibility index (Phi) is 3.38. The van der Waals surface area contributed by atoms with E-state index in [4.69, 9.17) is 4.74 Å². The van der Waals surface area contributed by atoms with Gasteiger partial charge >= 0.3 is 0 Å². The Morgan fingerprint density at radius 1 is 1.53 bits per heavy atom. The van der Waals surface area contributed by atoms with Crippen molar-refractivity contribution in [2.75, 3.05) is 12.4 Å². The van der Waals surface area contributed by atoms with Gasteiger partial charge in [0.25, 0.3) is 0 Å². The second-order valence-electron chi connectivity index (χ2n) is 2.87. The lowest BCUT2D eigenvalue weighted by Crippen LogP contribution is -2.09. The van der Waals surface area contributed by atoms with Crippen LogP contribution in [0.25, 0.3) is 0 Å². The molecule has 0 aliphatic rings. The molecular formula is C10H10FNO3. The molecule has 5 heteroatoms. The van der Waals surface area contributed by atoms with Crippen LogP contribution in [0.2, 0.25) is 0 Å². The Morgan fingerprint density at radius 2 is 2.20 bits per heavy atom. The van der Waals surface area contributed by atoms with Crippen molar-refractivity contribution in [3.63, 3.8) is 0 Å². The summed E-state index contributed by atoms with van der Waals surface area (Å²) in [5, 5.41) is 2.41. The molecule has 1 amide bonds. The van der Waals surface area contributed by atoms with Crippen LogP contribution in [0, 0.1) is 5.82 Å². The smallest absolute Gasteiger partial charge is 0.221 e. The Balaban J connectivity index is 3.29. The second-order valence-corrected chi connectivity index (χ2v) is 2.87. The SMILES string of the molecule is COc1cc(F)cc(C=O)c1NC(C)=O. The summed E-state index contributed by atoms with van der Waals surface area (Å²) >= 11 is 0. The van der Waals surface area contributed by atoms with Crippen LogP contribution in [0.4, 0.5) is 10.1 Å². The largest absolute Gasteiger partial charge is 0.494 e. The zero-order valence-electron chi connectivity index (χ0n) is 8.33. The van der Waals surface area contributed by atoms with Gasteiger partial charge in [-0.2, -0.15) is 0 Å². The first-order chi connectivity index (χ1) is 7.08. The van der Waals surface area contributed by atoms with E-state index in [9.17, 15) is 14.0 Å². The van der Waals surface area contributed by atoms with Crippen molar-refractivity contribution in [2.45, 2.75) is 6.92 Å². The van der Waals surface area contributed by atoms with Gasteiger partial charge < -0.3 is 10.1 Å². The number of benzene rings is 1. The molecule has 0 aromatic heterocycles. The van der Waals surface area contributed by atoms with Crippen LogP contribution in [-0.2, 0) is 4.79 Å². The van der Waals surface area contributed by atoms with Crippen molar-refractivity contribution in [3.05, 3.63) is 23.5 Å². The molecule has 15 heavy (non-hydrogen) atoms. The third-order valence-corrected chi connectivity index (χ3v) is 1.75. The van der Waals surface area contributed by atoms with E-state index in [0.29, 0.717) is 6.29 Å². The van der Waals surface area contributed by atoms with E-state index in [2.05, 4.69) is 5.32 Å². The standard InChI is InChI=1S/C10H10FNO3/c1-6(14)12-10-7(5-13)3-8(11)4-9(10)15-2/h3-5H,1-2H3,(H,12,14). The molecule has 1 N–H and O–H groups in total. The van der Waals surface area contributed by atoms with Crippen molar-refractivity contribution >= 4 is 17.9 Å². The first-order valence-electron chi connectivity index (χ1n) is 4.18. The van der Waals surface area contributed by atoms with Crippen molar-refractivity contribution in [3.8, 4) is 5.75 Å². The fourth-order valence-corrected chi connectivity index (χ4v) is 1.17. The number of amides is 1. The number of ether oxygens (including phenoxy) is 1. The predicted octanol–water partition coefficient (Wildman–Crippen LogP) is 1.61. The Hall–Kier alpha value is -1.91. The lowest BCUT2D eigenvalue weighted by Gasteiger charge is -2.11. The summed E-state index contributed by atoms with van der Waals surface area (Å²) < 4.78 is 17.8. The van der Waals surface area contributed by atoms with Crippen LogP contribution in [0.1, 0.15) is 17.3 Å². The summed E-state index contributed by atoms with van der Waals surface area (Å²) in [5.41, 5.74) is 0.225. The molecule has 0 unspecified atom stereocenters.